The van der Waals surface area contributed by atoms with Gasteiger partial charge in [-0.05, 0) is 40.8 Å². The third-order valence-corrected chi connectivity index (χ3v) is 2.82. The van der Waals surface area contributed by atoms with Crippen LogP contribution < -0.4 is 5.73 Å². The highest BCUT2D eigenvalue weighted by Gasteiger charge is 2.16. The van der Waals surface area contributed by atoms with E-state index in [0.29, 0.717) is 0 Å². The quantitative estimate of drug-likeness (QED) is 0.530. The first-order valence-electron chi connectivity index (χ1n) is 4.81. The van der Waals surface area contributed by atoms with E-state index in [9.17, 15) is 0 Å². The van der Waals surface area contributed by atoms with Gasteiger partial charge < -0.3 is 5.73 Å². The summed E-state index contributed by atoms with van der Waals surface area (Å²) in [5.74, 6) is 0. The zero-order valence-electron chi connectivity index (χ0n) is 7.83. The molecular weight excluding hydrogens is 170 g/mol. The molecule has 0 spiro atoms. The largest absolute Gasteiger partial charge is 0.399 e. The zero-order chi connectivity index (χ0) is 9.54. The molecule has 3 rings (SSSR count). The van der Waals surface area contributed by atoms with Gasteiger partial charge in [0.15, 0.2) is 0 Å². The smallest absolute Gasteiger partial charge is 0.0320 e. The van der Waals surface area contributed by atoms with E-state index >= 15 is 0 Å². The first-order valence-corrected chi connectivity index (χ1v) is 4.81. The fourth-order valence-corrected chi connectivity index (χ4v) is 2.14. The molecule has 2 aromatic carbocycles. The molecule has 0 fully saturated rings. The predicted molar refractivity (Wildman–Crippen MR) is 59.1 cm³/mol. The Morgan fingerprint density at radius 2 is 1.64 bits per heavy atom. The second-order valence-corrected chi connectivity index (χ2v) is 3.75. The highest BCUT2D eigenvalue weighted by Crippen LogP contribution is 2.37. The Balaban J connectivity index is 2.30. The third-order valence-electron chi connectivity index (χ3n) is 2.82. The second-order valence-electron chi connectivity index (χ2n) is 3.75. The standard InChI is InChI=1S/C13H11N/c14-11-6-5-10-7-9-3-1-2-4-12(9)13(10)8-11/h1-6,8H,7,14H2. The molecule has 1 aliphatic carbocycles. The van der Waals surface area contributed by atoms with Crippen molar-refractivity contribution in [2.24, 2.45) is 0 Å². The van der Waals surface area contributed by atoms with Crippen LogP contribution in [0.2, 0.25) is 0 Å². The lowest BCUT2D eigenvalue weighted by atomic mass is 10.1. The summed E-state index contributed by atoms with van der Waals surface area (Å²) in [6.45, 7) is 0. The molecule has 1 heteroatoms. The highest BCUT2D eigenvalue weighted by molar-refractivity contribution is 5.78. The van der Waals surface area contributed by atoms with Gasteiger partial charge in [-0.3, -0.25) is 0 Å². The maximum atomic E-state index is 5.79. The minimum absolute atomic E-state index is 0.848. The normalized spacial score (nSPS) is 12.3. The Kier molecular flexibility index (Phi) is 1.42. The van der Waals surface area contributed by atoms with Crippen LogP contribution in [0.25, 0.3) is 11.1 Å². The molecule has 0 unspecified atom stereocenters. The van der Waals surface area contributed by atoms with Crippen LogP contribution in [0.3, 0.4) is 0 Å². The monoisotopic (exact) mass is 181 g/mol. The van der Waals surface area contributed by atoms with E-state index in [0.717, 1.165) is 12.1 Å². The summed E-state index contributed by atoms with van der Waals surface area (Å²) >= 11 is 0. The van der Waals surface area contributed by atoms with Gasteiger partial charge in [-0.1, -0.05) is 30.3 Å². The maximum Gasteiger partial charge on any atom is 0.0320 e. The van der Waals surface area contributed by atoms with E-state index in [1.54, 1.807) is 0 Å². The van der Waals surface area contributed by atoms with Crippen LogP contribution in [0, 0.1) is 0 Å². The van der Waals surface area contributed by atoms with Crippen molar-refractivity contribution in [3.63, 3.8) is 0 Å². The van der Waals surface area contributed by atoms with Gasteiger partial charge in [-0.25, -0.2) is 0 Å². The van der Waals surface area contributed by atoms with Crippen molar-refractivity contribution in [3.8, 4) is 11.1 Å². The molecule has 0 aromatic heterocycles. The van der Waals surface area contributed by atoms with Gasteiger partial charge in [0, 0.05) is 5.69 Å². The minimum atomic E-state index is 0.848. The molecule has 0 saturated heterocycles. The zero-order valence-corrected chi connectivity index (χ0v) is 7.83. The van der Waals surface area contributed by atoms with Gasteiger partial charge in [0.25, 0.3) is 0 Å². The van der Waals surface area contributed by atoms with Crippen LogP contribution in [-0.4, -0.2) is 0 Å². The maximum absolute atomic E-state index is 5.79. The van der Waals surface area contributed by atoms with Gasteiger partial charge in [0.1, 0.15) is 0 Å². The second kappa shape index (κ2) is 2.61. The Labute approximate surface area is 83.2 Å². The predicted octanol–water partition coefficient (Wildman–Crippen LogP) is 2.84. The van der Waals surface area contributed by atoms with E-state index in [1.807, 2.05) is 6.07 Å². The summed E-state index contributed by atoms with van der Waals surface area (Å²) in [5.41, 5.74) is 12.1. The molecule has 2 aromatic rings. The van der Waals surface area contributed by atoms with Crippen LogP contribution in [0.1, 0.15) is 11.1 Å². The minimum Gasteiger partial charge on any atom is -0.399 e. The molecule has 0 saturated carbocycles. The number of hydrogen-bond donors (Lipinski definition) is 1. The van der Waals surface area contributed by atoms with Crippen LogP contribution in [0.15, 0.2) is 42.5 Å². The number of nitrogen functional groups attached to an aromatic ring is 1. The summed E-state index contributed by atoms with van der Waals surface area (Å²) in [7, 11) is 0. The van der Waals surface area contributed by atoms with Crippen LogP contribution in [-0.2, 0) is 6.42 Å². The Bertz CT molecular complexity index is 500. The van der Waals surface area contributed by atoms with E-state index < -0.39 is 0 Å². The summed E-state index contributed by atoms with van der Waals surface area (Å²) < 4.78 is 0. The summed E-state index contributed by atoms with van der Waals surface area (Å²) in [6.07, 6.45) is 1.05. The number of fused-ring (bicyclic) bond motifs is 3. The first-order chi connectivity index (χ1) is 6.84. The SMILES string of the molecule is Nc1ccc2c(c1)-c1ccccc1C2. The third kappa shape index (κ3) is 0.956. The summed E-state index contributed by atoms with van der Waals surface area (Å²) in [4.78, 5) is 0. The van der Waals surface area contributed by atoms with Gasteiger partial charge in [0.05, 0.1) is 0 Å². The van der Waals surface area contributed by atoms with Crippen molar-refractivity contribution < 1.29 is 0 Å². The fourth-order valence-electron chi connectivity index (χ4n) is 2.14. The lowest BCUT2D eigenvalue weighted by Crippen LogP contribution is -1.86. The Hall–Kier alpha value is -1.76. The molecule has 14 heavy (non-hydrogen) atoms. The molecule has 0 amide bonds. The first kappa shape index (κ1) is 7.63. The molecule has 1 nitrogen and oxygen atoms in total. The lowest BCUT2D eigenvalue weighted by molar-refractivity contribution is 1.26. The fraction of sp³-hybridized carbons (Fsp3) is 0.0769. The summed E-state index contributed by atoms with van der Waals surface area (Å²) in [5, 5.41) is 0. The molecular formula is C13H11N. The molecule has 0 bridgehead atoms. The van der Waals surface area contributed by atoms with Crippen LogP contribution >= 0.6 is 0 Å². The molecule has 0 atom stereocenters. The Morgan fingerprint density at radius 3 is 2.57 bits per heavy atom. The molecule has 68 valence electrons. The lowest BCUT2D eigenvalue weighted by Gasteiger charge is -2.01. The molecule has 0 heterocycles. The van der Waals surface area contributed by atoms with Crippen LogP contribution in [0.5, 0.6) is 0 Å². The van der Waals surface area contributed by atoms with Crippen molar-refractivity contribution in [3.05, 3.63) is 53.6 Å². The van der Waals surface area contributed by atoms with Crippen molar-refractivity contribution in [2.75, 3.05) is 5.73 Å². The van der Waals surface area contributed by atoms with E-state index in [1.165, 1.54) is 22.3 Å². The average molecular weight is 181 g/mol. The van der Waals surface area contributed by atoms with Gasteiger partial charge in [-0.2, -0.15) is 0 Å². The molecule has 0 aliphatic heterocycles. The highest BCUT2D eigenvalue weighted by atomic mass is 14.5. The van der Waals surface area contributed by atoms with Crippen molar-refractivity contribution >= 4 is 5.69 Å². The van der Waals surface area contributed by atoms with Crippen molar-refractivity contribution in [1.29, 1.82) is 0 Å². The van der Waals surface area contributed by atoms with Gasteiger partial charge in [-0.15, -0.1) is 0 Å². The molecule has 2 N–H and O–H groups in total. The van der Waals surface area contributed by atoms with Crippen molar-refractivity contribution in [1.82, 2.24) is 0 Å². The average Bonchev–Trinajstić information content (AvgIpc) is 2.56. The van der Waals surface area contributed by atoms with Gasteiger partial charge in [0.2, 0.25) is 0 Å². The number of anilines is 1. The van der Waals surface area contributed by atoms with E-state index in [-0.39, 0.29) is 0 Å². The number of nitrogens with two attached hydrogens (primary N) is 1. The molecule has 0 radical (unpaired) electrons. The summed E-state index contributed by atoms with van der Waals surface area (Å²) in [6, 6.07) is 14.7. The van der Waals surface area contributed by atoms with E-state index in [4.69, 9.17) is 5.73 Å². The van der Waals surface area contributed by atoms with Crippen LogP contribution in [0.4, 0.5) is 5.69 Å². The topological polar surface area (TPSA) is 26.0 Å². The Morgan fingerprint density at radius 1 is 0.857 bits per heavy atom. The number of rotatable bonds is 0. The van der Waals surface area contributed by atoms with Gasteiger partial charge >= 0.3 is 0 Å². The number of hydrogen-bond acceptors (Lipinski definition) is 1. The number of benzene rings is 2. The molecule has 1 aliphatic rings. The van der Waals surface area contributed by atoms with E-state index in [2.05, 4.69) is 36.4 Å². The van der Waals surface area contributed by atoms with Crippen molar-refractivity contribution in [2.45, 2.75) is 6.42 Å².